The normalized spacial score (nSPS) is 25.6. The average molecular weight is 202 g/mol. The van der Waals surface area contributed by atoms with Crippen LogP contribution in [0.3, 0.4) is 0 Å². The molecule has 1 fully saturated rings. The predicted octanol–water partition coefficient (Wildman–Crippen LogP) is -1.75. The van der Waals surface area contributed by atoms with Gasteiger partial charge in [0.25, 0.3) is 0 Å². The highest BCUT2D eigenvalue weighted by atomic mass is 16.4. The lowest BCUT2D eigenvalue weighted by molar-refractivity contribution is -0.146. The monoisotopic (exact) mass is 202 g/mol. The summed E-state index contributed by atoms with van der Waals surface area (Å²) < 4.78 is 0. The molecule has 1 aliphatic heterocycles. The molecule has 2 unspecified atom stereocenters. The van der Waals surface area contributed by atoms with Gasteiger partial charge in [0, 0.05) is 13.1 Å². The molecular weight excluding hydrogens is 188 g/mol. The van der Waals surface area contributed by atoms with E-state index in [4.69, 9.17) is 10.2 Å². The quantitative estimate of drug-likeness (QED) is 0.505. The maximum atomic E-state index is 11.0. The Bertz CT molecular complexity index is 241. The second kappa shape index (κ2) is 4.39. The van der Waals surface area contributed by atoms with Crippen LogP contribution in [-0.4, -0.2) is 58.8 Å². The van der Waals surface area contributed by atoms with Crippen molar-refractivity contribution in [2.24, 2.45) is 0 Å². The molecule has 0 radical (unpaired) electrons. The van der Waals surface area contributed by atoms with Gasteiger partial charge in [0.15, 0.2) is 0 Å². The number of aliphatic carboxylic acids is 1. The van der Waals surface area contributed by atoms with E-state index in [9.17, 15) is 9.59 Å². The van der Waals surface area contributed by atoms with Crippen molar-refractivity contribution in [2.75, 3.05) is 19.6 Å². The first kappa shape index (κ1) is 10.9. The third-order valence-corrected chi connectivity index (χ3v) is 2.06. The van der Waals surface area contributed by atoms with Gasteiger partial charge in [0.05, 0.1) is 12.6 Å². The fraction of sp³-hybridized carbons (Fsp3) is 0.750. The van der Waals surface area contributed by atoms with Crippen LogP contribution in [0.25, 0.3) is 0 Å². The summed E-state index contributed by atoms with van der Waals surface area (Å²) in [6.45, 7) is 1.89. The van der Waals surface area contributed by atoms with Gasteiger partial charge in [-0.1, -0.05) is 0 Å². The average Bonchev–Trinajstić information content (AvgIpc) is 2.01. The predicted molar refractivity (Wildman–Crippen MR) is 47.7 cm³/mol. The molecule has 6 nitrogen and oxygen atoms in total. The molecule has 0 saturated carbocycles. The number of aliphatic hydroxyl groups is 1. The lowest BCUT2D eigenvalue weighted by Crippen LogP contribution is -2.58. The van der Waals surface area contributed by atoms with Crippen molar-refractivity contribution in [2.45, 2.75) is 19.1 Å². The first-order valence-electron chi connectivity index (χ1n) is 4.42. The molecule has 1 rings (SSSR count). The zero-order valence-electron chi connectivity index (χ0n) is 7.93. The minimum absolute atomic E-state index is 0.0296. The Balaban J connectivity index is 2.63. The molecule has 0 aromatic carbocycles. The lowest BCUT2D eigenvalue weighted by Gasteiger charge is -2.33. The summed E-state index contributed by atoms with van der Waals surface area (Å²) >= 11 is 0. The summed E-state index contributed by atoms with van der Waals surface area (Å²) in [7, 11) is 0. The number of piperazine rings is 1. The third kappa shape index (κ3) is 2.68. The summed E-state index contributed by atoms with van der Waals surface area (Å²) in [6.07, 6.45) is -0.636. The standard InChI is InChI=1S/C8H14N2O4/c1-5(11)3-10-4-7(12)9-2-6(10)8(13)14/h5-6,11H,2-4H2,1H3,(H,9,12)(H,13,14). The van der Waals surface area contributed by atoms with Crippen LogP contribution in [0, 0.1) is 0 Å². The number of hydrogen-bond acceptors (Lipinski definition) is 4. The molecule has 0 aliphatic carbocycles. The topological polar surface area (TPSA) is 89.9 Å². The van der Waals surface area contributed by atoms with Gasteiger partial charge in [-0.2, -0.15) is 0 Å². The van der Waals surface area contributed by atoms with E-state index >= 15 is 0 Å². The van der Waals surface area contributed by atoms with Gasteiger partial charge in [-0.15, -0.1) is 0 Å². The molecule has 1 saturated heterocycles. The van der Waals surface area contributed by atoms with Crippen molar-refractivity contribution < 1.29 is 19.8 Å². The highest BCUT2D eigenvalue weighted by Crippen LogP contribution is 2.05. The van der Waals surface area contributed by atoms with Crippen molar-refractivity contribution in [1.82, 2.24) is 10.2 Å². The van der Waals surface area contributed by atoms with Crippen LogP contribution in [0.1, 0.15) is 6.92 Å². The smallest absolute Gasteiger partial charge is 0.322 e. The van der Waals surface area contributed by atoms with E-state index in [0.717, 1.165) is 0 Å². The fourth-order valence-electron chi connectivity index (χ4n) is 1.46. The van der Waals surface area contributed by atoms with Crippen molar-refractivity contribution in [1.29, 1.82) is 0 Å². The molecular formula is C8H14N2O4. The number of aliphatic hydroxyl groups excluding tert-OH is 1. The van der Waals surface area contributed by atoms with E-state index in [1.165, 1.54) is 4.90 Å². The van der Waals surface area contributed by atoms with Crippen LogP contribution in [0.4, 0.5) is 0 Å². The largest absolute Gasteiger partial charge is 0.480 e. The van der Waals surface area contributed by atoms with E-state index in [0.29, 0.717) is 0 Å². The Labute approximate surface area is 81.5 Å². The summed E-state index contributed by atoms with van der Waals surface area (Å²) in [5.41, 5.74) is 0. The van der Waals surface area contributed by atoms with Gasteiger partial charge in [0.2, 0.25) is 5.91 Å². The van der Waals surface area contributed by atoms with Crippen LogP contribution < -0.4 is 5.32 Å². The van der Waals surface area contributed by atoms with Gasteiger partial charge in [0.1, 0.15) is 6.04 Å². The van der Waals surface area contributed by atoms with Crippen LogP contribution in [-0.2, 0) is 9.59 Å². The molecule has 6 heteroatoms. The maximum absolute atomic E-state index is 11.0. The van der Waals surface area contributed by atoms with Crippen LogP contribution in [0.5, 0.6) is 0 Å². The Kier molecular flexibility index (Phi) is 3.43. The number of nitrogens with zero attached hydrogens (tertiary/aromatic N) is 1. The number of β-amino-alcohol motifs (C(OH)–C–C–N with tert-alkyl or cyclic N) is 1. The highest BCUT2D eigenvalue weighted by molar-refractivity contribution is 5.83. The molecule has 0 spiro atoms. The first-order valence-corrected chi connectivity index (χ1v) is 4.42. The minimum Gasteiger partial charge on any atom is -0.480 e. The van der Waals surface area contributed by atoms with Crippen LogP contribution in [0.2, 0.25) is 0 Å². The number of rotatable bonds is 3. The fourth-order valence-corrected chi connectivity index (χ4v) is 1.46. The van der Waals surface area contributed by atoms with Gasteiger partial charge < -0.3 is 15.5 Å². The van der Waals surface area contributed by atoms with Crippen molar-refractivity contribution in [3.05, 3.63) is 0 Å². The first-order chi connectivity index (χ1) is 6.50. The molecule has 1 heterocycles. The lowest BCUT2D eigenvalue weighted by atomic mass is 10.1. The summed E-state index contributed by atoms with van der Waals surface area (Å²) in [5, 5.41) is 20.4. The molecule has 14 heavy (non-hydrogen) atoms. The van der Waals surface area contributed by atoms with Crippen molar-refractivity contribution in [3.8, 4) is 0 Å². The van der Waals surface area contributed by atoms with E-state index < -0.39 is 18.1 Å². The summed E-state index contributed by atoms with van der Waals surface area (Å²) in [5.74, 6) is -1.19. The Morgan fingerprint density at radius 1 is 1.79 bits per heavy atom. The molecule has 3 N–H and O–H groups in total. The Morgan fingerprint density at radius 3 is 2.93 bits per heavy atom. The number of carbonyl (C=O) groups excluding carboxylic acids is 1. The number of nitrogens with one attached hydrogen (secondary N) is 1. The van der Waals surface area contributed by atoms with Crippen molar-refractivity contribution >= 4 is 11.9 Å². The minimum atomic E-state index is -0.981. The van der Waals surface area contributed by atoms with Gasteiger partial charge in [-0.3, -0.25) is 14.5 Å². The van der Waals surface area contributed by atoms with E-state index in [1.807, 2.05) is 0 Å². The second-order valence-electron chi connectivity index (χ2n) is 3.44. The zero-order valence-corrected chi connectivity index (χ0v) is 7.93. The molecule has 0 aromatic rings. The molecule has 1 aliphatic rings. The number of hydrogen-bond donors (Lipinski definition) is 3. The number of carboxylic acids is 1. The van der Waals surface area contributed by atoms with Crippen molar-refractivity contribution in [3.63, 3.8) is 0 Å². The van der Waals surface area contributed by atoms with Crippen LogP contribution in [0.15, 0.2) is 0 Å². The Morgan fingerprint density at radius 2 is 2.43 bits per heavy atom. The molecule has 1 amide bonds. The molecule has 2 atom stereocenters. The second-order valence-corrected chi connectivity index (χ2v) is 3.44. The van der Waals surface area contributed by atoms with Gasteiger partial charge in [-0.25, -0.2) is 0 Å². The van der Waals surface area contributed by atoms with E-state index in [2.05, 4.69) is 5.32 Å². The number of carboxylic acid groups (broad SMARTS) is 1. The summed E-state index contributed by atoms with van der Waals surface area (Å²) in [6, 6.07) is -0.734. The van der Waals surface area contributed by atoms with Crippen LogP contribution >= 0.6 is 0 Å². The maximum Gasteiger partial charge on any atom is 0.322 e. The SMILES string of the molecule is CC(O)CN1CC(=O)NCC1C(=O)O. The third-order valence-electron chi connectivity index (χ3n) is 2.06. The molecule has 0 bridgehead atoms. The van der Waals surface area contributed by atoms with Gasteiger partial charge in [-0.05, 0) is 6.92 Å². The summed E-state index contributed by atoms with van der Waals surface area (Å²) in [4.78, 5) is 23.2. The number of carbonyl (C=O) groups is 2. The van der Waals surface area contributed by atoms with E-state index in [-0.39, 0.29) is 25.5 Å². The zero-order chi connectivity index (χ0) is 10.7. The van der Waals surface area contributed by atoms with E-state index in [1.54, 1.807) is 6.92 Å². The highest BCUT2D eigenvalue weighted by Gasteiger charge is 2.32. The van der Waals surface area contributed by atoms with Gasteiger partial charge >= 0.3 is 5.97 Å². The molecule has 80 valence electrons. The molecule has 0 aromatic heterocycles. The number of amides is 1. The Hall–Kier alpha value is -1.14.